The second kappa shape index (κ2) is 8.24. The summed E-state index contributed by atoms with van der Waals surface area (Å²) in [6.07, 6.45) is 6.52. The maximum Gasteiger partial charge on any atom is 0.257 e. The quantitative estimate of drug-likeness (QED) is 0.684. The first-order chi connectivity index (χ1) is 15.4. The van der Waals surface area contributed by atoms with Crippen LogP contribution in [0, 0.1) is 0 Å². The van der Waals surface area contributed by atoms with Gasteiger partial charge in [-0.25, -0.2) is 8.42 Å². The zero-order valence-corrected chi connectivity index (χ0v) is 19.2. The molecule has 0 unspecified atom stereocenters. The number of halogens is 1. The van der Waals surface area contributed by atoms with Crippen LogP contribution in [0.3, 0.4) is 0 Å². The third-order valence-electron chi connectivity index (χ3n) is 6.29. The predicted octanol–water partition coefficient (Wildman–Crippen LogP) is 4.81. The molecule has 9 heteroatoms. The van der Waals surface area contributed by atoms with E-state index in [2.05, 4.69) is 5.32 Å². The van der Waals surface area contributed by atoms with Crippen LogP contribution < -0.4 is 14.8 Å². The number of anilines is 1. The van der Waals surface area contributed by atoms with Crippen LogP contribution in [-0.4, -0.2) is 37.5 Å². The molecule has 3 aliphatic rings. The van der Waals surface area contributed by atoms with Crippen molar-refractivity contribution in [2.24, 2.45) is 0 Å². The lowest BCUT2D eigenvalue weighted by Crippen LogP contribution is -2.35. The summed E-state index contributed by atoms with van der Waals surface area (Å²) in [5, 5.41) is 2.98. The van der Waals surface area contributed by atoms with E-state index in [-0.39, 0.29) is 15.5 Å². The molecule has 1 spiro atoms. The summed E-state index contributed by atoms with van der Waals surface area (Å²) < 4.78 is 39.5. The van der Waals surface area contributed by atoms with Crippen LogP contribution in [0.15, 0.2) is 41.3 Å². The van der Waals surface area contributed by atoms with Gasteiger partial charge < -0.3 is 14.8 Å². The van der Waals surface area contributed by atoms with Crippen molar-refractivity contribution in [3.05, 3.63) is 47.0 Å². The molecule has 1 saturated heterocycles. The molecule has 1 amide bonds. The van der Waals surface area contributed by atoms with Crippen molar-refractivity contribution < 1.29 is 22.7 Å². The molecular weight excluding hydrogens is 452 g/mol. The summed E-state index contributed by atoms with van der Waals surface area (Å²) in [6.45, 7) is 0.982. The molecule has 7 nitrogen and oxygen atoms in total. The summed E-state index contributed by atoms with van der Waals surface area (Å²) in [7, 11) is -3.67. The number of nitrogens with one attached hydrogen (secondary N) is 1. The normalized spacial score (nSPS) is 19.9. The monoisotopic (exact) mass is 476 g/mol. The first-order valence-electron chi connectivity index (χ1n) is 11.0. The average Bonchev–Trinajstić information content (AvgIpc) is 3.39. The van der Waals surface area contributed by atoms with Crippen LogP contribution in [0.5, 0.6) is 11.5 Å². The Hall–Kier alpha value is -2.29. The highest BCUT2D eigenvalue weighted by molar-refractivity contribution is 7.89. The molecule has 1 N–H and O–H groups in total. The van der Waals surface area contributed by atoms with Gasteiger partial charge in [-0.15, -0.1) is 0 Å². The van der Waals surface area contributed by atoms with Gasteiger partial charge in [-0.3, -0.25) is 4.79 Å². The number of hydrogen-bond acceptors (Lipinski definition) is 5. The summed E-state index contributed by atoms with van der Waals surface area (Å²) in [5.41, 5.74) is 0.627. The highest BCUT2D eigenvalue weighted by atomic mass is 35.5. The largest absolute Gasteiger partial charge is 0.448 e. The number of carbonyl (C=O) groups excluding carboxylic acids is 1. The Labute approximate surface area is 192 Å². The van der Waals surface area contributed by atoms with Gasteiger partial charge in [0.05, 0.1) is 15.5 Å². The number of carbonyl (C=O) groups is 1. The summed E-state index contributed by atoms with van der Waals surface area (Å²) >= 11 is 6.25. The second-order valence-corrected chi connectivity index (χ2v) is 10.9. The van der Waals surface area contributed by atoms with E-state index in [4.69, 9.17) is 21.1 Å². The summed E-state index contributed by atoms with van der Waals surface area (Å²) in [6, 6.07) is 9.49. The average molecular weight is 477 g/mol. The lowest BCUT2D eigenvalue weighted by molar-refractivity contribution is -0.0716. The van der Waals surface area contributed by atoms with Crippen LogP contribution >= 0.6 is 11.6 Å². The van der Waals surface area contributed by atoms with Crippen molar-refractivity contribution in [3.8, 4) is 11.5 Å². The van der Waals surface area contributed by atoms with Crippen molar-refractivity contribution >= 4 is 33.2 Å². The number of sulfonamides is 1. The van der Waals surface area contributed by atoms with E-state index in [9.17, 15) is 13.2 Å². The van der Waals surface area contributed by atoms with Gasteiger partial charge in [0.25, 0.3) is 11.7 Å². The van der Waals surface area contributed by atoms with Gasteiger partial charge in [0.1, 0.15) is 0 Å². The fraction of sp³-hybridized carbons (Fsp3) is 0.435. The molecule has 0 radical (unpaired) electrons. The molecule has 2 aromatic rings. The third-order valence-corrected chi connectivity index (χ3v) is 8.52. The molecule has 2 aromatic carbocycles. The molecule has 5 rings (SSSR count). The first-order valence-corrected chi connectivity index (χ1v) is 12.8. The minimum absolute atomic E-state index is 0.0720. The second-order valence-electron chi connectivity index (χ2n) is 8.54. The Morgan fingerprint density at radius 1 is 0.938 bits per heavy atom. The zero-order valence-electron chi connectivity index (χ0n) is 17.6. The molecule has 2 aliphatic heterocycles. The SMILES string of the molecule is O=C(Nc1ccc2c(c1)OC1(CCCC1)O2)c1cc(S(=O)(=O)N2CCCCC2)ccc1Cl. The maximum absolute atomic E-state index is 13.0. The topological polar surface area (TPSA) is 84.9 Å². The van der Waals surface area contributed by atoms with Gasteiger partial charge in [0.2, 0.25) is 10.0 Å². The molecule has 0 aromatic heterocycles. The van der Waals surface area contributed by atoms with Crippen LogP contribution in [0.2, 0.25) is 5.02 Å². The van der Waals surface area contributed by atoms with E-state index in [1.54, 1.807) is 18.2 Å². The lowest BCUT2D eigenvalue weighted by atomic mass is 10.2. The molecule has 2 heterocycles. The molecule has 0 bridgehead atoms. The van der Waals surface area contributed by atoms with E-state index in [1.807, 2.05) is 0 Å². The molecule has 0 atom stereocenters. The van der Waals surface area contributed by atoms with Gasteiger partial charge in [0.15, 0.2) is 11.5 Å². The minimum atomic E-state index is -3.67. The molecule has 1 saturated carbocycles. The highest BCUT2D eigenvalue weighted by Gasteiger charge is 2.44. The smallest absolute Gasteiger partial charge is 0.257 e. The van der Waals surface area contributed by atoms with E-state index < -0.39 is 21.7 Å². The lowest BCUT2D eigenvalue weighted by Gasteiger charge is -2.26. The number of hydrogen-bond donors (Lipinski definition) is 1. The molecule has 1 aliphatic carbocycles. The number of fused-ring (bicyclic) bond motifs is 1. The zero-order chi connectivity index (χ0) is 22.3. The van der Waals surface area contributed by atoms with Crippen LogP contribution in [0.4, 0.5) is 5.69 Å². The maximum atomic E-state index is 13.0. The Kier molecular flexibility index (Phi) is 5.55. The molecule has 2 fully saturated rings. The number of piperidine rings is 1. The standard InChI is InChI=1S/C23H25ClN2O5S/c24-19-8-7-17(32(28,29)26-12-4-1-5-13-26)15-18(19)22(27)25-16-6-9-20-21(14-16)31-23(30-20)10-2-3-11-23/h6-9,14-15H,1-5,10-13H2,(H,25,27). The van der Waals surface area contributed by atoms with Crippen molar-refractivity contribution in [1.82, 2.24) is 4.31 Å². The molecular formula is C23H25ClN2O5S. The van der Waals surface area contributed by atoms with Gasteiger partial charge in [-0.2, -0.15) is 4.31 Å². The van der Waals surface area contributed by atoms with E-state index >= 15 is 0 Å². The van der Waals surface area contributed by atoms with Gasteiger partial charge in [-0.1, -0.05) is 18.0 Å². The van der Waals surface area contributed by atoms with Crippen molar-refractivity contribution in [1.29, 1.82) is 0 Å². The van der Waals surface area contributed by atoms with Gasteiger partial charge >= 0.3 is 0 Å². The predicted molar refractivity (Wildman–Crippen MR) is 121 cm³/mol. The minimum Gasteiger partial charge on any atom is -0.448 e. The highest BCUT2D eigenvalue weighted by Crippen LogP contribution is 2.47. The Morgan fingerprint density at radius 2 is 1.66 bits per heavy atom. The van der Waals surface area contributed by atoms with E-state index in [1.165, 1.54) is 22.5 Å². The Bertz CT molecular complexity index is 1150. The van der Waals surface area contributed by atoms with Crippen molar-refractivity contribution in [2.45, 2.75) is 55.6 Å². The first kappa shape index (κ1) is 21.6. The van der Waals surface area contributed by atoms with E-state index in [0.717, 1.165) is 44.9 Å². The Morgan fingerprint density at radius 3 is 2.41 bits per heavy atom. The van der Waals surface area contributed by atoms with E-state index in [0.29, 0.717) is 30.3 Å². The molecule has 32 heavy (non-hydrogen) atoms. The fourth-order valence-electron chi connectivity index (χ4n) is 4.58. The van der Waals surface area contributed by atoms with Crippen LogP contribution in [0.25, 0.3) is 0 Å². The summed E-state index contributed by atoms with van der Waals surface area (Å²) in [4.78, 5) is 13.0. The van der Waals surface area contributed by atoms with Gasteiger partial charge in [0, 0.05) is 37.7 Å². The number of ether oxygens (including phenoxy) is 2. The number of benzene rings is 2. The number of nitrogens with zero attached hydrogens (tertiary/aromatic N) is 1. The van der Waals surface area contributed by atoms with Crippen LogP contribution in [-0.2, 0) is 10.0 Å². The fourth-order valence-corrected chi connectivity index (χ4v) is 6.33. The van der Waals surface area contributed by atoms with Crippen molar-refractivity contribution in [3.63, 3.8) is 0 Å². The van der Waals surface area contributed by atoms with Crippen LogP contribution in [0.1, 0.15) is 55.3 Å². The third kappa shape index (κ3) is 3.95. The number of amides is 1. The molecule has 170 valence electrons. The van der Waals surface area contributed by atoms with Gasteiger partial charge in [-0.05, 0) is 56.0 Å². The number of rotatable bonds is 4. The Balaban J connectivity index is 1.36. The van der Waals surface area contributed by atoms with Crippen molar-refractivity contribution in [2.75, 3.05) is 18.4 Å². The summed E-state index contributed by atoms with van der Waals surface area (Å²) in [5.74, 6) is 0.195.